The van der Waals surface area contributed by atoms with Crippen LogP contribution in [0.1, 0.15) is 64.5 Å². The van der Waals surface area contributed by atoms with Crippen molar-refractivity contribution < 1.29 is 4.74 Å². The van der Waals surface area contributed by atoms with Gasteiger partial charge >= 0.3 is 0 Å². The standard InChI is InChI=1S/C27H38N4O/c1-7-32-26(5,6)27(15-14-24-29-22-10-8-9-11-23(22)30-24)16-17-31(19-27)25(3,4)21-13-12-20(2)28-18-21/h8-13,18H,7,14-17,19H2,1-6H3,(H,29,30). The number of imidazole rings is 1. The molecule has 1 aromatic carbocycles. The van der Waals surface area contributed by atoms with Crippen LogP contribution in [0.3, 0.4) is 0 Å². The van der Waals surface area contributed by atoms with Gasteiger partial charge in [-0.3, -0.25) is 9.88 Å². The van der Waals surface area contributed by atoms with Crippen LogP contribution in [0.4, 0.5) is 0 Å². The molecular formula is C27H38N4O. The number of aromatic nitrogens is 3. The van der Waals surface area contributed by atoms with E-state index in [1.807, 2.05) is 19.2 Å². The van der Waals surface area contributed by atoms with Crippen molar-refractivity contribution >= 4 is 11.0 Å². The van der Waals surface area contributed by atoms with Crippen molar-refractivity contribution in [1.29, 1.82) is 0 Å². The average molecular weight is 435 g/mol. The number of aromatic amines is 1. The Balaban J connectivity index is 1.58. The minimum Gasteiger partial charge on any atom is -0.375 e. The van der Waals surface area contributed by atoms with Gasteiger partial charge in [0.1, 0.15) is 5.82 Å². The molecule has 5 heteroatoms. The van der Waals surface area contributed by atoms with Gasteiger partial charge in [-0.2, -0.15) is 0 Å². The molecule has 0 bridgehead atoms. The van der Waals surface area contributed by atoms with Crippen molar-refractivity contribution in [2.24, 2.45) is 5.41 Å². The molecule has 0 amide bonds. The molecule has 1 atom stereocenters. The maximum atomic E-state index is 6.38. The van der Waals surface area contributed by atoms with Crippen LogP contribution in [-0.4, -0.2) is 45.1 Å². The van der Waals surface area contributed by atoms with E-state index in [1.54, 1.807) is 0 Å². The zero-order valence-electron chi connectivity index (χ0n) is 20.5. The van der Waals surface area contributed by atoms with Gasteiger partial charge in [-0.15, -0.1) is 0 Å². The van der Waals surface area contributed by atoms with Crippen molar-refractivity contribution in [3.05, 3.63) is 59.7 Å². The summed E-state index contributed by atoms with van der Waals surface area (Å²) >= 11 is 0. The smallest absolute Gasteiger partial charge is 0.107 e. The lowest BCUT2D eigenvalue weighted by Crippen LogP contribution is -2.50. The minimum absolute atomic E-state index is 0.0530. The lowest BCUT2D eigenvalue weighted by Gasteiger charge is -2.45. The van der Waals surface area contributed by atoms with E-state index in [9.17, 15) is 0 Å². The number of H-pyrrole nitrogens is 1. The van der Waals surface area contributed by atoms with E-state index in [1.165, 1.54) is 5.56 Å². The van der Waals surface area contributed by atoms with Gasteiger partial charge in [-0.25, -0.2) is 4.98 Å². The molecule has 0 spiro atoms. The Bertz CT molecular complexity index is 1020. The first-order valence-electron chi connectivity index (χ1n) is 11.9. The van der Waals surface area contributed by atoms with E-state index >= 15 is 0 Å². The molecular weight excluding hydrogens is 396 g/mol. The highest BCUT2D eigenvalue weighted by Crippen LogP contribution is 2.49. The molecule has 32 heavy (non-hydrogen) atoms. The van der Waals surface area contributed by atoms with Gasteiger partial charge in [0.2, 0.25) is 0 Å². The Labute approximate surface area is 192 Å². The first-order chi connectivity index (χ1) is 15.2. The number of hydrogen-bond acceptors (Lipinski definition) is 4. The first kappa shape index (κ1) is 22.9. The van der Waals surface area contributed by atoms with E-state index in [0.717, 1.165) is 61.5 Å². The number of benzene rings is 1. The third-order valence-corrected chi connectivity index (χ3v) is 7.82. The second kappa shape index (κ2) is 8.60. The Morgan fingerprint density at radius 1 is 1.12 bits per heavy atom. The van der Waals surface area contributed by atoms with E-state index in [0.29, 0.717) is 0 Å². The molecule has 172 valence electrons. The van der Waals surface area contributed by atoms with Gasteiger partial charge in [0.15, 0.2) is 0 Å². The topological polar surface area (TPSA) is 54.0 Å². The lowest BCUT2D eigenvalue weighted by atomic mass is 9.69. The number of aryl methyl sites for hydroxylation is 2. The number of fused-ring (bicyclic) bond motifs is 1. The molecule has 1 fully saturated rings. The third-order valence-electron chi connectivity index (χ3n) is 7.82. The second-order valence-electron chi connectivity index (χ2n) is 10.3. The van der Waals surface area contributed by atoms with E-state index in [2.05, 4.69) is 79.8 Å². The number of likely N-dealkylation sites (tertiary alicyclic amines) is 1. The van der Waals surface area contributed by atoms with Crippen molar-refractivity contribution in [1.82, 2.24) is 19.9 Å². The molecule has 0 saturated carbocycles. The first-order valence-corrected chi connectivity index (χ1v) is 11.9. The number of nitrogens with one attached hydrogen (secondary N) is 1. The average Bonchev–Trinajstić information content (AvgIpc) is 3.38. The normalized spacial score (nSPS) is 20.3. The zero-order chi connectivity index (χ0) is 23.0. The van der Waals surface area contributed by atoms with Gasteiger partial charge < -0.3 is 9.72 Å². The fourth-order valence-electron chi connectivity index (χ4n) is 5.35. The Morgan fingerprint density at radius 2 is 1.91 bits per heavy atom. The van der Waals surface area contributed by atoms with E-state index in [4.69, 9.17) is 9.72 Å². The molecule has 2 aromatic heterocycles. The van der Waals surface area contributed by atoms with Crippen LogP contribution in [0, 0.1) is 12.3 Å². The summed E-state index contributed by atoms with van der Waals surface area (Å²) < 4.78 is 6.38. The molecule has 0 radical (unpaired) electrons. The quantitative estimate of drug-likeness (QED) is 0.498. The van der Waals surface area contributed by atoms with Crippen LogP contribution in [-0.2, 0) is 16.7 Å². The number of ether oxygens (including phenoxy) is 1. The molecule has 1 aliphatic heterocycles. The van der Waals surface area contributed by atoms with Crippen LogP contribution in [0.5, 0.6) is 0 Å². The zero-order valence-corrected chi connectivity index (χ0v) is 20.5. The fraction of sp³-hybridized carbons (Fsp3) is 0.556. The van der Waals surface area contributed by atoms with Gasteiger partial charge in [0.05, 0.1) is 16.6 Å². The van der Waals surface area contributed by atoms with Crippen LogP contribution in [0.25, 0.3) is 11.0 Å². The Morgan fingerprint density at radius 3 is 2.59 bits per heavy atom. The van der Waals surface area contributed by atoms with Gasteiger partial charge in [0, 0.05) is 42.4 Å². The van der Waals surface area contributed by atoms with E-state index < -0.39 is 0 Å². The highest BCUT2D eigenvalue weighted by atomic mass is 16.5. The summed E-state index contributed by atoms with van der Waals surface area (Å²) in [6.07, 6.45) is 5.12. The third kappa shape index (κ3) is 4.20. The maximum Gasteiger partial charge on any atom is 0.107 e. The molecule has 3 aromatic rings. The van der Waals surface area contributed by atoms with Gasteiger partial charge in [0.25, 0.3) is 0 Å². The van der Waals surface area contributed by atoms with Crippen LogP contribution in [0.15, 0.2) is 42.6 Å². The molecule has 1 unspecified atom stereocenters. The van der Waals surface area contributed by atoms with Crippen molar-refractivity contribution in [3.8, 4) is 0 Å². The highest BCUT2D eigenvalue weighted by molar-refractivity contribution is 5.74. The SMILES string of the molecule is CCOC(C)(C)C1(CCc2nc3ccccc3[nH]2)CCN(C(C)(C)c2ccc(C)nc2)C1. The predicted molar refractivity (Wildman–Crippen MR) is 131 cm³/mol. The number of para-hydroxylation sites is 2. The summed E-state index contributed by atoms with van der Waals surface area (Å²) in [5.41, 5.74) is 4.24. The molecule has 3 heterocycles. The number of rotatable bonds is 8. The molecule has 1 N–H and O–H groups in total. The highest BCUT2D eigenvalue weighted by Gasteiger charge is 2.52. The van der Waals surface area contributed by atoms with Crippen molar-refractivity contribution in [2.45, 2.75) is 71.9 Å². The Kier molecular flexibility index (Phi) is 6.17. The van der Waals surface area contributed by atoms with Crippen LogP contribution < -0.4 is 0 Å². The summed E-state index contributed by atoms with van der Waals surface area (Å²) in [5, 5.41) is 0. The second-order valence-corrected chi connectivity index (χ2v) is 10.3. The van der Waals surface area contributed by atoms with Gasteiger partial charge in [-0.05, 0) is 84.7 Å². The predicted octanol–water partition coefficient (Wildman–Crippen LogP) is 5.64. The molecule has 5 nitrogen and oxygen atoms in total. The molecule has 1 aliphatic rings. The summed E-state index contributed by atoms with van der Waals surface area (Å²) in [6, 6.07) is 12.6. The Hall–Kier alpha value is -2.24. The molecule has 4 rings (SSSR count). The van der Waals surface area contributed by atoms with E-state index in [-0.39, 0.29) is 16.6 Å². The van der Waals surface area contributed by atoms with Crippen molar-refractivity contribution in [2.75, 3.05) is 19.7 Å². The summed E-state index contributed by atoms with van der Waals surface area (Å²) in [7, 11) is 0. The van der Waals surface area contributed by atoms with Crippen molar-refractivity contribution in [3.63, 3.8) is 0 Å². The van der Waals surface area contributed by atoms with Crippen LogP contribution in [0.2, 0.25) is 0 Å². The monoisotopic (exact) mass is 434 g/mol. The summed E-state index contributed by atoms with van der Waals surface area (Å²) in [6.45, 7) is 16.1. The number of pyridine rings is 1. The van der Waals surface area contributed by atoms with Gasteiger partial charge in [-0.1, -0.05) is 18.2 Å². The lowest BCUT2D eigenvalue weighted by molar-refractivity contribution is -0.109. The number of nitrogens with zero attached hydrogens (tertiary/aromatic N) is 3. The number of hydrogen-bond donors (Lipinski definition) is 1. The minimum atomic E-state index is -0.218. The maximum absolute atomic E-state index is 6.38. The molecule has 1 saturated heterocycles. The largest absolute Gasteiger partial charge is 0.375 e. The summed E-state index contributed by atoms with van der Waals surface area (Å²) in [4.78, 5) is 15.5. The summed E-state index contributed by atoms with van der Waals surface area (Å²) in [5.74, 6) is 1.07. The fourth-order valence-corrected chi connectivity index (χ4v) is 5.35. The van der Waals surface area contributed by atoms with Crippen LogP contribution >= 0.6 is 0 Å². The molecule has 0 aliphatic carbocycles.